The van der Waals surface area contributed by atoms with Crippen molar-refractivity contribution in [2.75, 3.05) is 31.6 Å². The predicted octanol–water partition coefficient (Wildman–Crippen LogP) is 6.29. The van der Waals surface area contributed by atoms with Crippen molar-refractivity contribution in [2.45, 2.75) is 89.3 Å². The lowest BCUT2D eigenvalue weighted by Crippen LogP contribution is -2.55. The lowest BCUT2D eigenvalue weighted by atomic mass is 9.83. The number of benzene rings is 2. The fourth-order valence-corrected chi connectivity index (χ4v) is 8.17. The largest absolute Gasteiger partial charge is 0.371 e. The first-order chi connectivity index (χ1) is 20.5. The van der Waals surface area contributed by atoms with Crippen molar-refractivity contribution in [3.63, 3.8) is 0 Å². The molecule has 1 aliphatic carbocycles. The molecular formula is C34H45N5O2S. The Labute approximate surface area is 254 Å². The van der Waals surface area contributed by atoms with E-state index in [1.807, 2.05) is 11.8 Å². The number of piperidine rings is 1. The number of amides is 2. The number of aromatic nitrogens is 1. The molecule has 3 heterocycles. The van der Waals surface area contributed by atoms with Crippen LogP contribution >= 0.6 is 11.3 Å². The first-order valence-electron chi connectivity index (χ1n) is 16.1. The molecule has 3 aliphatic rings. The Morgan fingerprint density at radius 1 is 0.905 bits per heavy atom. The van der Waals surface area contributed by atoms with Crippen molar-refractivity contribution in [3.05, 3.63) is 46.8 Å². The van der Waals surface area contributed by atoms with E-state index >= 15 is 0 Å². The topological polar surface area (TPSA) is 77.6 Å². The van der Waals surface area contributed by atoms with Crippen LogP contribution in [0.5, 0.6) is 0 Å². The molecule has 224 valence electrons. The average molecular weight is 588 g/mol. The fraction of sp³-hybridized carbons (Fsp3) is 0.559. The average Bonchev–Trinajstić information content (AvgIpc) is 3.73. The van der Waals surface area contributed by atoms with Crippen LogP contribution in [0.3, 0.4) is 0 Å². The highest BCUT2D eigenvalue weighted by Crippen LogP contribution is 2.40. The maximum absolute atomic E-state index is 14.2. The zero-order valence-corrected chi connectivity index (χ0v) is 25.9. The summed E-state index contributed by atoms with van der Waals surface area (Å²) in [5.74, 6) is 0.153. The normalized spacial score (nSPS) is 21.4. The molecule has 6 rings (SSSR count). The Hall–Kier alpha value is -2.97. The predicted molar refractivity (Wildman–Crippen MR) is 172 cm³/mol. The molecule has 0 bridgehead atoms. The number of likely N-dealkylation sites (tertiary alicyclic amines) is 1. The second kappa shape index (κ2) is 13.1. The van der Waals surface area contributed by atoms with Gasteiger partial charge in [0, 0.05) is 41.7 Å². The summed E-state index contributed by atoms with van der Waals surface area (Å²) in [6.07, 6.45) is 11.1. The van der Waals surface area contributed by atoms with E-state index in [-0.39, 0.29) is 29.8 Å². The van der Waals surface area contributed by atoms with Crippen molar-refractivity contribution in [3.8, 4) is 11.3 Å². The van der Waals surface area contributed by atoms with Gasteiger partial charge in [0.05, 0.1) is 17.8 Å². The van der Waals surface area contributed by atoms with Gasteiger partial charge < -0.3 is 20.4 Å². The number of nitrogens with one attached hydrogen (secondary N) is 2. The van der Waals surface area contributed by atoms with Crippen LogP contribution in [0.25, 0.3) is 22.0 Å². The highest BCUT2D eigenvalue weighted by molar-refractivity contribution is 7.10. The monoisotopic (exact) mass is 587 g/mol. The van der Waals surface area contributed by atoms with Crippen molar-refractivity contribution in [1.29, 1.82) is 0 Å². The molecule has 2 aromatic carbocycles. The quantitative estimate of drug-likeness (QED) is 0.324. The van der Waals surface area contributed by atoms with Crippen LogP contribution in [0.4, 0.5) is 5.69 Å². The molecule has 3 atom stereocenters. The molecule has 8 heteroatoms. The molecule has 2 saturated heterocycles. The summed E-state index contributed by atoms with van der Waals surface area (Å²) in [7, 11) is 1.78. The molecule has 0 spiro atoms. The van der Waals surface area contributed by atoms with E-state index in [2.05, 4.69) is 57.3 Å². The molecule has 2 amide bonds. The summed E-state index contributed by atoms with van der Waals surface area (Å²) in [5.41, 5.74) is 3.45. The molecule has 2 aliphatic heterocycles. The molecule has 1 aromatic heterocycles. The Bertz CT molecular complexity index is 1390. The van der Waals surface area contributed by atoms with E-state index < -0.39 is 6.04 Å². The van der Waals surface area contributed by atoms with E-state index in [1.165, 1.54) is 42.1 Å². The number of nitrogens with zero attached hydrogens (tertiary/aromatic N) is 3. The van der Waals surface area contributed by atoms with Crippen LogP contribution in [-0.4, -0.2) is 60.5 Å². The van der Waals surface area contributed by atoms with Gasteiger partial charge in [-0.25, -0.2) is 4.98 Å². The number of hydrogen-bond donors (Lipinski definition) is 2. The van der Waals surface area contributed by atoms with Crippen molar-refractivity contribution < 1.29 is 9.59 Å². The minimum atomic E-state index is -0.472. The maximum Gasteiger partial charge on any atom is 0.246 e. The summed E-state index contributed by atoms with van der Waals surface area (Å²) in [4.78, 5) is 36.8. The van der Waals surface area contributed by atoms with Gasteiger partial charge in [-0.05, 0) is 76.3 Å². The van der Waals surface area contributed by atoms with Crippen LogP contribution in [0, 0.1) is 5.92 Å². The van der Waals surface area contributed by atoms with Gasteiger partial charge in [-0.2, -0.15) is 0 Å². The Kier molecular flexibility index (Phi) is 9.10. The zero-order chi connectivity index (χ0) is 29.1. The summed E-state index contributed by atoms with van der Waals surface area (Å²) in [5, 5.41) is 11.9. The van der Waals surface area contributed by atoms with E-state index in [9.17, 15) is 9.59 Å². The van der Waals surface area contributed by atoms with Crippen LogP contribution in [0.15, 0.2) is 41.8 Å². The second-order valence-electron chi connectivity index (χ2n) is 12.4. The van der Waals surface area contributed by atoms with Gasteiger partial charge >= 0.3 is 0 Å². The molecular weight excluding hydrogens is 542 g/mol. The van der Waals surface area contributed by atoms with E-state index in [0.29, 0.717) is 6.54 Å². The SMILES string of the molecule is CN[C@@H](C)C(=O)N[C@H](C(=O)N1CCC[C@H]1c1nc(-c2ccc(N3CCCCC3)c3ccccc23)cs1)C1CCCCC1. The van der Waals surface area contributed by atoms with Gasteiger partial charge in [0.1, 0.15) is 11.0 Å². The third kappa shape index (κ3) is 5.93. The summed E-state index contributed by atoms with van der Waals surface area (Å²) in [6, 6.07) is 12.4. The zero-order valence-electron chi connectivity index (χ0n) is 25.1. The highest BCUT2D eigenvalue weighted by atomic mass is 32.1. The third-order valence-electron chi connectivity index (χ3n) is 9.73. The fourth-order valence-electron chi connectivity index (χ4n) is 7.21. The molecule has 0 unspecified atom stereocenters. The number of rotatable bonds is 8. The second-order valence-corrected chi connectivity index (χ2v) is 13.3. The van der Waals surface area contributed by atoms with Crippen molar-refractivity contribution >= 4 is 39.6 Å². The summed E-state index contributed by atoms with van der Waals surface area (Å²) < 4.78 is 0. The maximum atomic E-state index is 14.2. The number of hydrogen-bond acceptors (Lipinski definition) is 6. The Morgan fingerprint density at radius 3 is 2.40 bits per heavy atom. The van der Waals surface area contributed by atoms with Crippen LogP contribution in [0.2, 0.25) is 0 Å². The van der Waals surface area contributed by atoms with Gasteiger partial charge in [0.15, 0.2) is 0 Å². The molecule has 1 saturated carbocycles. The van der Waals surface area contributed by atoms with E-state index in [0.717, 1.165) is 67.9 Å². The number of likely N-dealkylation sites (N-methyl/N-ethyl adjacent to an activating group) is 1. The Balaban J connectivity index is 1.26. The number of carbonyl (C=O) groups is 2. The van der Waals surface area contributed by atoms with E-state index in [4.69, 9.17) is 4.98 Å². The minimum absolute atomic E-state index is 0.0418. The molecule has 3 fully saturated rings. The molecule has 2 N–H and O–H groups in total. The van der Waals surface area contributed by atoms with Crippen molar-refractivity contribution in [2.24, 2.45) is 5.92 Å². The van der Waals surface area contributed by atoms with Crippen LogP contribution < -0.4 is 15.5 Å². The lowest BCUT2D eigenvalue weighted by Gasteiger charge is -2.35. The molecule has 3 aromatic rings. The number of thiazole rings is 1. The van der Waals surface area contributed by atoms with E-state index in [1.54, 1.807) is 18.4 Å². The highest BCUT2D eigenvalue weighted by Gasteiger charge is 2.40. The summed E-state index contributed by atoms with van der Waals surface area (Å²) >= 11 is 1.66. The van der Waals surface area contributed by atoms with Gasteiger partial charge in [-0.15, -0.1) is 11.3 Å². The van der Waals surface area contributed by atoms with Crippen LogP contribution in [0.1, 0.15) is 82.2 Å². The first kappa shape index (κ1) is 29.1. The lowest BCUT2D eigenvalue weighted by molar-refractivity contribution is -0.139. The van der Waals surface area contributed by atoms with Crippen molar-refractivity contribution in [1.82, 2.24) is 20.5 Å². The van der Waals surface area contributed by atoms with Crippen LogP contribution in [-0.2, 0) is 9.59 Å². The number of carbonyl (C=O) groups excluding carboxylic acids is 2. The molecule has 42 heavy (non-hydrogen) atoms. The van der Waals surface area contributed by atoms with Gasteiger partial charge in [-0.3, -0.25) is 9.59 Å². The summed E-state index contributed by atoms with van der Waals surface area (Å²) in [6.45, 7) is 4.79. The number of anilines is 1. The minimum Gasteiger partial charge on any atom is -0.371 e. The van der Waals surface area contributed by atoms with Gasteiger partial charge in [-0.1, -0.05) is 49.6 Å². The number of fused-ring (bicyclic) bond motifs is 1. The Morgan fingerprint density at radius 2 is 1.64 bits per heavy atom. The standard InChI is InChI=1S/C34H45N5O2S/c1-23(35-2)32(40)37-31(24-12-5-3-6-13-24)34(41)39-21-11-16-30(39)33-36-28(22-42-33)26-17-18-29(38-19-9-4-10-20-38)27-15-8-7-14-25(26)27/h7-8,14-15,17-18,22-24,30-31,35H,3-6,9-13,16,19-21H2,1-2H3,(H,37,40)/t23-,30-,31-/m0/s1. The van der Waals surface area contributed by atoms with Gasteiger partial charge in [0.25, 0.3) is 0 Å². The third-order valence-corrected chi connectivity index (χ3v) is 10.7. The molecule has 7 nitrogen and oxygen atoms in total. The smallest absolute Gasteiger partial charge is 0.246 e. The molecule has 0 radical (unpaired) electrons. The van der Waals surface area contributed by atoms with Gasteiger partial charge in [0.2, 0.25) is 11.8 Å². The first-order valence-corrected chi connectivity index (χ1v) is 16.9.